The Hall–Kier alpha value is -1.50. The Morgan fingerprint density at radius 1 is 1.39 bits per heavy atom. The van der Waals surface area contributed by atoms with Crippen LogP contribution in [0.2, 0.25) is 10.0 Å². The zero-order chi connectivity index (χ0) is 13.7. The Balaban J connectivity index is 2.63. The minimum Gasteiger partial charge on any atom is -0.386 e. The van der Waals surface area contributed by atoms with E-state index in [1.807, 2.05) is 0 Å². The Morgan fingerprint density at radius 2 is 1.94 bits per heavy atom. The number of hydrogen-bond donors (Lipinski definition) is 3. The van der Waals surface area contributed by atoms with E-state index in [9.17, 15) is 14.7 Å². The number of amides is 2. The second-order valence-electron chi connectivity index (χ2n) is 3.24. The van der Waals surface area contributed by atoms with Crippen LogP contribution in [-0.2, 0) is 4.74 Å². The molecule has 1 atom stereocenters. The lowest BCUT2D eigenvalue weighted by atomic mass is 10.1. The van der Waals surface area contributed by atoms with E-state index in [1.165, 1.54) is 0 Å². The maximum absolute atomic E-state index is 10.9. The molecule has 6 nitrogen and oxygen atoms in total. The summed E-state index contributed by atoms with van der Waals surface area (Å²) in [5, 5.41) is 12.5. The van der Waals surface area contributed by atoms with Crippen molar-refractivity contribution >= 4 is 35.4 Å². The number of carbonyl (C=O) groups is 2. The highest BCUT2D eigenvalue weighted by atomic mass is 35.5. The molecule has 0 aliphatic carbocycles. The zero-order valence-electron chi connectivity index (χ0n) is 9.02. The standard InChI is InChI=1S/C10H10Cl2N2O4/c11-5-2-1-3-6(12)8(5)7(15)4-14-10(17)18-9(13)16/h1-3,7,15H,4H2,(H2,13,16)(H,14,17). The maximum atomic E-state index is 10.9. The molecule has 0 radical (unpaired) electrons. The molecule has 18 heavy (non-hydrogen) atoms. The Morgan fingerprint density at radius 3 is 2.44 bits per heavy atom. The van der Waals surface area contributed by atoms with Gasteiger partial charge in [-0.1, -0.05) is 29.3 Å². The predicted molar refractivity (Wildman–Crippen MR) is 65.5 cm³/mol. The van der Waals surface area contributed by atoms with E-state index in [-0.39, 0.29) is 22.2 Å². The summed E-state index contributed by atoms with van der Waals surface area (Å²) in [4.78, 5) is 21.2. The number of aliphatic hydroxyl groups excluding tert-OH is 1. The van der Waals surface area contributed by atoms with Crippen molar-refractivity contribution in [1.82, 2.24) is 5.32 Å². The SMILES string of the molecule is NC(=O)OC(=O)NCC(O)c1c(Cl)cccc1Cl. The van der Waals surface area contributed by atoms with Crippen LogP contribution < -0.4 is 11.1 Å². The van der Waals surface area contributed by atoms with Gasteiger partial charge in [-0.15, -0.1) is 0 Å². The molecule has 1 aromatic carbocycles. The molecule has 2 amide bonds. The number of benzene rings is 1. The molecule has 0 bridgehead atoms. The summed E-state index contributed by atoms with van der Waals surface area (Å²) in [5.74, 6) is 0. The highest BCUT2D eigenvalue weighted by Crippen LogP contribution is 2.29. The summed E-state index contributed by atoms with van der Waals surface area (Å²) in [6.07, 6.45) is -3.44. The summed E-state index contributed by atoms with van der Waals surface area (Å²) in [6, 6.07) is 4.72. The number of nitrogens with one attached hydrogen (secondary N) is 1. The molecule has 0 fully saturated rings. The van der Waals surface area contributed by atoms with E-state index in [0.29, 0.717) is 0 Å². The van der Waals surface area contributed by atoms with Gasteiger partial charge in [-0.05, 0) is 12.1 Å². The lowest BCUT2D eigenvalue weighted by Gasteiger charge is -2.14. The van der Waals surface area contributed by atoms with Crippen LogP contribution >= 0.6 is 23.2 Å². The van der Waals surface area contributed by atoms with Gasteiger partial charge in [0.25, 0.3) is 0 Å². The van der Waals surface area contributed by atoms with Crippen LogP contribution in [0.15, 0.2) is 18.2 Å². The van der Waals surface area contributed by atoms with E-state index in [0.717, 1.165) is 0 Å². The summed E-state index contributed by atoms with van der Waals surface area (Å²) in [6.45, 7) is -0.227. The van der Waals surface area contributed by atoms with Gasteiger partial charge in [0.2, 0.25) is 0 Å². The van der Waals surface area contributed by atoms with Crippen LogP contribution in [0.1, 0.15) is 11.7 Å². The molecule has 0 saturated carbocycles. The molecule has 4 N–H and O–H groups in total. The number of nitrogens with two attached hydrogens (primary N) is 1. The second kappa shape index (κ2) is 6.44. The number of halogens is 2. The molecule has 98 valence electrons. The van der Waals surface area contributed by atoms with Gasteiger partial charge in [-0.25, -0.2) is 9.59 Å². The Bertz CT molecular complexity index is 447. The van der Waals surface area contributed by atoms with Crippen LogP contribution in [-0.4, -0.2) is 23.8 Å². The topological polar surface area (TPSA) is 102 Å². The lowest BCUT2D eigenvalue weighted by Crippen LogP contribution is -2.32. The maximum Gasteiger partial charge on any atom is 0.416 e. The van der Waals surface area contributed by atoms with E-state index in [4.69, 9.17) is 23.2 Å². The fourth-order valence-electron chi connectivity index (χ4n) is 1.24. The molecular weight excluding hydrogens is 283 g/mol. The van der Waals surface area contributed by atoms with Crippen molar-refractivity contribution in [1.29, 1.82) is 0 Å². The number of alkyl carbamates (subject to hydrolysis) is 1. The van der Waals surface area contributed by atoms with Crippen LogP contribution in [0.5, 0.6) is 0 Å². The molecule has 0 aliphatic rings. The van der Waals surface area contributed by atoms with E-state index >= 15 is 0 Å². The number of rotatable bonds is 3. The molecule has 0 aromatic heterocycles. The van der Waals surface area contributed by atoms with Gasteiger partial charge in [0.1, 0.15) is 0 Å². The Labute approximate surface area is 113 Å². The van der Waals surface area contributed by atoms with Gasteiger partial charge in [-0.3, -0.25) is 0 Å². The average molecular weight is 293 g/mol. The summed E-state index contributed by atoms with van der Waals surface area (Å²) >= 11 is 11.7. The van der Waals surface area contributed by atoms with E-state index < -0.39 is 18.3 Å². The van der Waals surface area contributed by atoms with Gasteiger partial charge in [0.05, 0.1) is 12.6 Å². The van der Waals surface area contributed by atoms with Crippen molar-refractivity contribution in [2.45, 2.75) is 6.10 Å². The Kier molecular flexibility index (Phi) is 5.21. The van der Waals surface area contributed by atoms with Gasteiger partial charge in [-0.2, -0.15) is 0 Å². The first-order chi connectivity index (χ1) is 8.41. The molecular formula is C10H10Cl2N2O4. The summed E-state index contributed by atoms with van der Waals surface area (Å²) < 4.78 is 4.01. The molecule has 8 heteroatoms. The smallest absolute Gasteiger partial charge is 0.386 e. The first-order valence-electron chi connectivity index (χ1n) is 4.79. The fourth-order valence-corrected chi connectivity index (χ4v) is 1.89. The van der Waals surface area contributed by atoms with Crippen LogP contribution in [0.3, 0.4) is 0 Å². The molecule has 0 spiro atoms. The zero-order valence-corrected chi connectivity index (χ0v) is 10.5. The van der Waals surface area contributed by atoms with Crippen LogP contribution in [0, 0.1) is 0 Å². The van der Waals surface area contributed by atoms with Gasteiger partial charge < -0.3 is 20.9 Å². The minimum absolute atomic E-state index is 0.227. The number of ether oxygens (including phenoxy) is 1. The van der Waals surface area contributed by atoms with Crippen molar-refractivity contribution in [3.05, 3.63) is 33.8 Å². The number of carbonyl (C=O) groups excluding carboxylic acids is 2. The minimum atomic E-state index is -1.24. The predicted octanol–water partition coefficient (Wildman–Crippen LogP) is 1.83. The quantitative estimate of drug-likeness (QED) is 0.740. The third kappa shape index (κ3) is 4.06. The van der Waals surface area contributed by atoms with Gasteiger partial charge in [0, 0.05) is 15.6 Å². The molecule has 0 aliphatic heterocycles. The summed E-state index contributed by atoms with van der Waals surface area (Å²) in [5.41, 5.74) is 4.91. The molecule has 1 aromatic rings. The highest BCUT2D eigenvalue weighted by Gasteiger charge is 2.17. The van der Waals surface area contributed by atoms with Crippen molar-refractivity contribution < 1.29 is 19.4 Å². The molecule has 0 saturated heterocycles. The van der Waals surface area contributed by atoms with E-state index in [1.54, 1.807) is 18.2 Å². The molecule has 0 heterocycles. The van der Waals surface area contributed by atoms with Gasteiger partial charge >= 0.3 is 12.2 Å². The van der Waals surface area contributed by atoms with Crippen LogP contribution in [0.25, 0.3) is 0 Å². The fraction of sp³-hybridized carbons (Fsp3) is 0.200. The monoisotopic (exact) mass is 292 g/mol. The molecule has 1 unspecified atom stereocenters. The first kappa shape index (κ1) is 14.6. The van der Waals surface area contributed by atoms with Crippen molar-refractivity contribution in [2.75, 3.05) is 6.54 Å². The van der Waals surface area contributed by atoms with Gasteiger partial charge in [0.15, 0.2) is 0 Å². The average Bonchev–Trinajstić information content (AvgIpc) is 2.25. The summed E-state index contributed by atoms with van der Waals surface area (Å²) in [7, 11) is 0. The molecule has 1 rings (SSSR count). The number of primary amides is 1. The van der Waals surface area contributed by atoms with Crippen molar-refractivity contribution in [3.8, 4) is 0 Å². The van der Waals surface area contributed by atoms with Crippen LogP contribution in [0.4, 0.5) is 9.59 Å². The van der Waals surface area contributed by atoms with Crippen molar-refractivity contribution in [3.63, 3.8) is 0 Å². The number of aliphatic hydroxyl groups is 1. The second-order valence-corrected chi connectivity index (χ2v) is 4.05. The third-order valence-electron chi connectivity index (χ3n) is 1.97. The largest absolute Gasteiger partial charge is 0.416 e. The number of hydrogen-bond acceptors (Lipinski definition) is 4. The third-order valence-corrected chi connectivity index (χ3v) is 2.63. The first-order valence-corrected chi connectivity index (χ1v) is 5.54. The normalized spacial score (nSPS) is 11.7. The lowest BCUT2D eigenvalue weighted by molar-refractivity contribution is 0.142. The van der Waals surface area contributed by atoms with Crippen molar-refractivity contribution in [2.24, 2.45) is 5.73 Å². The highest BCUT2D eigenvalue weighted by molar-refractivity contribution is 6.36. The van der Waals surface area contributed by atoms with E-state index in [2.05, 4.69) is 15.8 Å².